The molecule has 8 heteroatoms. The van der Waals surface area contributed by atoms with Crippen molar-refractivity contribution in [2.24, 2.45) is 0 Å². The Morgan fingerprint density at radius 1 is 1.18 bits per heavy atom. The number of carbonyl (C=O) groups excluding carboxylic acids is 1. The van der Waals surface area contributed by atoms with Crippen molar-refractivity contribution in [1.82, 2.24) is 4.90 Å². The third kappa shape index (κ3) is 4.99. The minimum absolute atomic E-state index is 0.0348. The number of hydrogen-bond acceptors (Lipinski definition) is 5. The van der Waals surface area contributed by atoms with Crippen LogP contribution in [0.3, 0.4) is 0 Å². The largest absolute Gasteiger partial charge is 0.451 e. The van der Waals surface area contributed by atoms with Crippen molar-refractivity contribution >= 4 is 38.3 Å². The van der Waals surface area contributed by atoms with Gasteiger partial charge < -0.3 is 9.32 Å². The van der Waals surface area contributed by atoms with Gasteiger partial charge in [-0.1, -0.05) is 49.7 Å². The maximum Gasteiger partial charge on any atom is 0.290 e. The van der Waals surface area contributed by atoms with E-state index >= 15 is 0 Å². The van der Waals surface area contributed by atoms with Crippen molar-refractivity contribution in [3.8, 4) is 0 Å². The summed E-state index contributed by atoms with van der Waals surface area (Å²) in [5.74, 6) is -0.308. The number of amides is 1. The second kappa shape index (κ2) is 8.95. The molecule has 3 aromatic rings. The van der Waals surface area contributed by atoms with Crippen molar-refractivity contribution in [3.05, 3.63) is 80.2 Å². The Morgan fingerprint density at radius 3 is 2.48 bits per heavy atom. The van der Waals surface area contributed by atoms with E-state index in [1.54, 1.807) is 13.0 Å². The lowest BCUT2D eigenvalue weighted by Crippen LogP contribution is -2.40. The van der Waals surface area contributed by atoms with Gasteiger partial charge >= 0.3 is 0 Å². The molecule has 0 radical (unpaired) electrons. The van der Waals surface area contributed by atoms with E-state index in [-0.39, 0.29) is 34.8 Å². The molecule has 1 fully saturated rings. The first-order valence-electron chi connectivity index (χ1n) is 10.9. The summed E-state index contributed by atoms with van der Waals surface area (Å²) in [7, 11) is -3.22. The lowest BCUT2D eigenvalue weighted by atomic mass is 10.0. The lowest BCUT2D eigenvalue weighted by molar-refractivity contribution is 0.0648. The second-order valence-corrected chi connectivity index (χ2v) is 11.6. The van der Waals surface area contributed by atoms with Crippen LogP contribution in [-0.2, 0) is 16.4 Å². The van der Waals surface area contributed by atoms with Gasteiger partial charge in [-0.2, -0.15) is 0 Å². The Kier molecular flexibility index (Phi) is 6.38. The van der Waals surface area contributed by atoms with E-state index in [9.17, 15) is 18.0 Å². The van der Waals surface area contributed by atoms with Gasteiger partial charge in [0.05, 0.1) is 16.9 Å². The zero-order chi connectivity index (χ0) is 23.9. The monoisotopic (exact) mass is 487 g/mol. The molecule has 1 amide bonds. The third-order valence-corrected chi connectivity index (χ3v) is 8.29. The molecular weight excluding hydrogens is 462 g/mol. The number of halogens is 1. The number of carbonyl (C=O) groups is 1. The molecule has 0 unspecified atom stereocenters. The molecule has 2 heterocycles. The van der Waals surface area contributed by atoms with Crippen LogP contribution >= 0.6 is 11.6 Å². The summed E-state index contributed by atoms with van der Waals surface area (Å²) in [5.41, 5.74) is 2.67. The summed E-state index contributed by atoms with van der Waals surface area (Å²) in [6.45, 7) is 6.21. The molecule has 0 bridgehead atoms. The van der Waals surface area contributed by atoms with Gasteiger partial charge in [0.25, 0.3) is 5.91 Å². The molecule has 1 aromatic heterocycles. The first kappa shape index (κ1) is 23.5. The second-order valence-electron chi connectivity index (χ2n) is 8.96. The van der Waals surface area contributed by atoms with Crippen LogP contribution < -0.4 is 5.43 Å². The van der Waals surface area contributed by atoms with Gasteiger partial charge in [-0.3, -0.25) is 9.59 Å². The summed E-state index contributed by atoms with van der Waals surface area (Å²) in [6.07, 6.45) is 0.352. The van der Waals surface area contributed by atoms with Crippen LogP contribution in [0.2, 0.25) is 5.02 Å². The zero-order valence-electron chi connectivity index (χ0n) is 18.8. The molecule has 1 aliphatic heterocycles. The highest BCUT2D eigenvalue weighted by atomic mass is 35.5. The zero-order valence-corrected chi connectivity index (χ0v) is 20.4. The highest BCUT2D eigenvalue weighted by molar-refractivity contribution is 7.91. The molecule has 174 valence electrons. The number of hydrogen-bond donors (Lipinski definition) is 0. The van der Waals surface area contributed by atoms with Crippen LogP contribution in [0.15, 0.2) is 51.7 Å². The minimum Gasteiger partial charge on any atom is -0.451 e. The SMILES string of the molecule is Cc1cc2oc(C(=O)N(Cc3ccc(C(C)C)cc3)[C@H]3CCS(=O)(=O)C3)cc(=O)c2cc1Cl. The van der Waals surface area contributed by atoms with E-state index < -0.39 is 21.8 Å². The van der Waals surface area contributed by atoms with E-state index in [1.807, 2.05) is 24.3 Å². The predicted octanol–water partition coefficient (Wildman–Crippen LogP) is 4.71. The van der Waals surface area contributed by atoms with Gasteiger partial charge in [-0.25, -0.2) is 8.42 Å². The molecule has 0 spiro atoms. The molecule has 4 rings (SSSR count). The number of rotatable bonds is 5. The van der Waals surface area contributed by atoms with Gasteiger partial charge in [0.1, 0.15) is 5.58 Å². The van der Waals surface area contributed by atoms with Gasteiger partial charge in [0.15, 0.2) is 21.0 Å². The van der Waals surface area contributed by atoms with Crippen LogP contribution in [0.5, 0.6) is 0 Å². The summed E-state index contributed by atoms with van der Waals surface area (Å²) in [5, 5.41) is 0.734. The molecule has 6 nitrogen and oxygen atoms in total. The number of sulfone groups is 1. The van der Waals surface area contributed by atoms with E-state index in [4.69, 9.17) is 16.0 Å². The highest BCUT2D eigenvalue weighted by Crippen LogP contribution is 2.26. The van der Waals surface area contributed by atoms with Crippen LogP contribution in [0.25, 0.3) is 11.0 Å². The molecule has 0 aliphatic carbocycles. The molecule has 2 aromatic carbocycles. The van der Waals surface area contributed by atoms with Gasteiger partial charge in [0.2, 0.25) is 0 Å². The molecule has 0 saturated carbocycles. The quantitative estimate of drug-likeness (QED) is 0.520. The predicted molar refractivity (Wildman–Crippen MR) is 130 cm³/mol. The van der Waals surface area contributed by atoms with Gasteiger partial charge in [-0.15, -0.1) is 0 Å². The van der Waals surface area contributed by atoms with Crippen LogP contribution in [-0.4, -0.2) is 36.8 Å². The smallest absolute Gasteiger partial charge is 0.290 e. The standard InChI is InChI=1S/C25H26ClNO5S/c1-15(2)18-6-4-17(5-7-18)13-27(19-8-9-33(30,31)14-19)25(29)24-12-22(28)20-11-21(26)16(3)10-23(20)32-24/h4-7,10-12,15,19H,8-9,13-14H2,1-3H3/t19-/m0/s1. The first-order valence-corrected chi connectivity index (χ1v) is 13.1. The Morgan fingerprint density at radius 2 is 1.88 bits per heavy atom. The summed E-state index contributed by atoms with van der Waals surface area (Å²) in [4.78, 5) is 27.7. The molecular formula is C25H26ClNO5S. The van der Waals surface area contributed by atoms with E-state index in [1.165, 1.54) is 16.5 Å². The normalized spacial score (nSPS) is 17.5. The number of fused-ring (bicyclic) bond motifs is 1. The molecule has 1 aliphatic rings. The maximum absolute atomic E-state index is 13.5. The number of nitrogens with zero attached hydrogens (tertiary/aromatic N) is 1. The Labute approximate surface area is 198 Å². The molecule has 0 N–H and O–H groups in total. The molecule has 1 atom stereocenters. The summed E-state index contributed by atoms with van der Waals surface area (Å²) < 4.78 is 30.1. The Balaban J connectivity index is 1.72. The van der Waals surface area contributed by atoms with Gasteiger partial charge in [-0.05, 0) is 48.1 Å². The third-order valence-electron chi connectivity index (χ3n) is 6.13. The highest BCUT2D eigenvalue weighted by Gasteiger charge is 2.36. The Bertz CT molecular complexity index is 1380. The molecule has 1 saturated heterocycles. The van der Waals surface area contributed by atoms with E-state index in [0.717, 1.165) is 17.2 Å². The number of aryl methyl sites for hydroxylation is 1. The van der Waals surface area contributed by atoms with Crippen molar-refractivity contribution < 1.29 is 17.6 Å². The first-order chi connectivity index (χ1) is 15.5. The molecule has 33 heavy (non-hydrogen) atoms. The summed E-state index contributed by atoms with van der Waals surface area (Å²) >= 11 is 6.13. The van der Waals surface area contributed by atoms with E-state index in [2.05, 4.69) is 13.8 Å². The van der Waals surface area contributed by atoms with Crippen LogP contribution in [0, 0.1) is 6.92 Å². The fourth-order valence-corrected chi connectivity index (χ4v) is 6.01. The van der Waals surface area contributed by atoms with Crippen molar-refractivity contribution in [3.63, 3.8) is 0 Å². The Hall–Kier alpha value is -2.64. The summed E-state index contributed by atoms with van der Waals surface area (Å²) in [6, 6.07) is 11.7. The van der Waals surface area contributed by atoms with E-state index in [0.29, 0.717) is 22.7 Å². The van der Waals surface area contributed by atoms with Crippen LogP contribution in [0.4, 0.5) is 0 Å². The average Bonchev–Trinajstić information content (AvgIpc) is 3.12. The minimum atomic E-state index is -3.22. The maximum atomic E-state index is 13.5. The van der Waals surface area contributed by atoms with Crippen LogP contribution in [0.1, 0.15) is 53.4 Å². The van der Waals surface area contributed by atoms with Crippen molar-refractivity contribution in [2.75, 3.05) is 11.5 Å². The van der Waals surface area contributed by atoms with Crippen molar-refractivity contribution in [2.45, 2.75) is 45.7 Å². The number of benzene rings is 2. The van der Waals surface area contributed by atoms with Gasteiger partial charge in [0, 0.05) is 23.7 Å². The topological polar surface area (TPSA) is 84.7 Å². The fraction of sp³-hybridized carbons (Fsp3) is 0.360. The lowest BCUT2D eigenvalue weighted by Gasteiger charge is -2.28. The fourth-order valence-electron chi connectivity index (χ4n) is 4.12. The average molecular weight is 488 g/mol. The van der Waals surface area contributed by atoms with Crippen molar-refractivity contribution in [1.29, 1.82) is 0 Å².